The molecule has 0 amide bonds. The maximum Gasteiger partial charge on any atom is 0.376 e. The molecule has 1 heterocycles. The maximum atomic E-state index is 11.6. The number of carbonyl (C=O) groups excluding carboxylic acids is 1. The van der Waals surface area contributed by atoms with Gasteiger partial charge in [-0.1, -0.05) is 13.8 Å². The number of ether oxygens (including phenoxy) is 1. The predicted octanol–water partition coefficient (Wildman–Crippen LogP) is 2.28. The predicted molar refractivity (Wildman–Crippen MR) is 70.8 cm³/mol. The molecule has 0 N–H and O–H groups in total. The van der Waals surface area contributed by atoms with Crippen molar-refractivity contribution in [3.8, 4) is 0 Å². The number of hydrogen-bond acceptors (Lipinski definition) is 5. The lowest BCUT2D eigenvalue weighted by Crippen LogP contribution is -2.26. The average molecular weight is 251 g/mol. The zero-order valence-corrected chi connectivity index (χ0v) is 11.3. The lowest BCUT2D eigenvalue weighted by molar-refractivity contribution is 0.0512. The minimum Gasteiger partial charge on any atom is -0.460 e. The summed E-state index contributed by atoms with van der Waals surface area (Å²) in [5.41, 5.74) is 0. The Morgan fingerprint density at radius 2 is 1.94 bits per heavy atom. The van der Waals surface area contributed by atoms with Crippen molar-refractivity contribution in [2.45, 2.75) is 33.6 Å². The number of carbonyl (C=O) groups is 1. The van der Waals surface area contributed by atoms with Crippen molar-refractivity contribution >= 4 is 11.8 Å². The fourth-order valence-corrected chi connectivity index (χ4v) is 1.70. The molecule has 0 aliphatic heterocycles. The van der Waals surface area contributed by atoms with Crippen LogP contribution in [0.5, 0.6) is 0 Å². The van der Waals surface area contributed by atoms with Crippen LogP contribution in [-0.4, -0.2) is 35.6 Å². The van der Waals surface area contributed by atoms with Gasteiger partial charge >= 0.3 is 5.97 Å². The number of nitrogens with zero attached hydrogens (tertiary/aromatic N) is 3. The van der Waals surface area contributed by atoms with Gasteiger partial charge in [0.25, 0.3) is 0 Å². The van der Waals surface area contributed by atoms with E-state index < -0.39 is 5.97 Å². The van der Waals surface area contributed by atoms with Gasteiger partial charge in [0.05, 0.1) is 6.61 Å². The molecule has 18 heavy (non-hydrogen) atoms. The van der Waals surface area contributed by atoms with E-state index in [0.717, 1.165) is 31.7 Å². The molecule has 100 valence electrons. The van der Waals surface area contributed by atoms with Crippen LogP contribution in [0, 0.1) is 0 Å². The Morgan fingerprint density at radius 1 is 1.28 bits per heavy atom. The molecule has 5 nitrogen and oxygen atoms in total. The van der Waals surface area contributed by atoms with Crippen molar-refractivity contribution in [3.05, 3.63) is 18.1 Å². The molecule has 0 fully saturated rings. The zero-order chi connectivity index (χ0) is 13.4. The molecular weight excluding hydrogens is 230 g/mol. The Kier molecular flexibility index (Phi) is 6.11. The van der Waals surface area contributed by atoms with Gasteiger partial charge in [-0.25, -0.2) is 14.8 Å². The molecule has 0 saturated heterocycles. The third-order valence-corrected chi connectivity index (χ3v) is 2.41. The van der Waals surface area contributed by atoms with Crippen LogP contribution < -0.4 is 4.90 Å². The fourth-order valence-electron chi connectivity index (χ4n) is 1.70. The van der Waals surface area contributed by atoms with Gasteiger partial charge in [0.15, 0.2) is 0 Å². The largest absolute Gasteiger partial charge is 0.460 e. The summed E-state index contributed by atoms with van der Waals surface area (Å²) in [6.45, 7) is 8.19. The first-order chi connectivity index (χ1) is 8.72. The Labute approximate surface area is 108 Å². The van der Waals surface area contributed by atoms with E-state index >= 15 is 0 Å². The third kappa shape index (κ3) is 3.98. The third-order valence-electron chi connectivity index (χ3n) is 2.41. The van der Waals surface area contributed by atoms with E-state index in [2.05, 4.69) is 28.7 Å². The lowest BCUT2D eigenvalue weighted by atomic mass is 10.3. The van der Waals surface area contributed by atoms with E-state index in [1.165, 1.54) is 0 Å². The van der Waals surface area contributed by atoms with Crippen LogP contribution in [0.15, 0.2) is 12.3 Å². The monoisotopic (exact) mass is 251 g/mol. The molecule has 0 atom stereocenters. The quantitative estimate of drug-likeness (QED) is 0.696. The molecule has 0 aliphatic carbocycles. The van der Waals surface area contributed by atoms with E-state index in [0.29, 0.717) is 6.61 Å². The summed E-state index contributed by atoms with van der Waals surface area (Å²) in [7, 11) is 0. The topological polar surface area (TPSA) is 55.3 Å². The first-order valence-corrected chi connectivity index (χ1v) is 6.48. The highest BCUT2D eigenvalue weighted by atomic mass is 16.5. The van der Waals surface area contributed by atoms with Crippen molar-refractivity contribution in [2.75, 3.05) is 24.6 Å². The number of anilines is 1. The van der Waals surface area contributed by atoms with Crippen LogP contribution in [0.1, 0.15) is 44.2 Å². The second-order valence-corrected chi connectivity index (χ2v) is 3.95. The van der Waals surface area contributed by atoms with E-state index in [9.17, 15) is 4.79 Å². The average Bonchev–Trinajstić information content (AvgIpc) is 2.39. The van der Waals surface area contributed by atoms with Crippen molar-refractivity contribution < 1.29 is 9.53 Å². The normalized spacial score (nSPS) is 10.2. The molecule has 0 spiro atoms. The molecule has 0 saturated carbocycles. The minimum absolute atomic E-state index is 0.131. The Bertz CT molecular complexity index is 376. The molecular formula is C13H21N3O2. The number of aromatic nitrogens is 2. The van der Waals surface area contributed by atoms with Gasteiger partial charge in [0, 0.05) is 19.3 Å². The van der Waals surface area contributed by atoms with Crippen molar-refractivity contribution in [1.29, 1.82) is 0 Å². The van der Waals surface area contributed by atoms with Gasteiger partial charge in [-0.2, -0.15) is 0 Å². The smallest absolute Gasteiger partial charge is 0.376 e. The first-order valence-electron chi connectivity index (χ1n) is 6.48. The summed E-state index contributed by atoms with van der Waals surface area (Å²) in [5.74, 6) is 0.454. The van der Waals surface area contributed by atoms with Crippen LogP contribution in [0.4, 0.5) is 5.82 Å². The highest BCUT2D eigenvalue weighted by molar-refractivity contribution is 5.85. The summed E-state index contributed by atoms with van der Waals surface area (Å²) >= 11 is 0. The van der Waals surface area contributed by atoms with Crippen LogP contribution >= 0.6 is 0 Å². The van der Waals surface area contributed by atoms with Crippen LogP contribution in [-0.2, 0) is 4.74 Å². The highest BCUT2D eigenvalue weighted by Gasteiger charge is 2.13. The standard InChI is InChI=1S/C13H21N3O2/c1-4-9-16(10-5-2)11-7-8-14-12(15-11)13(17)18-6-3/h7-8H,4-6,9-10H2,1-3H3. The van der Waals surface area contributed by atoms with Crippen LogP contribution in [0.3, 0.4) is 0 Å². The van der Waals surface area contributed by atoms with E-state index in [1.807, 2.05) is 6.07 Å². The van der Waals surface area contributed by atoms with E-state index in [1.54, 1.807) is 13.1 Å². The fraction of sp³-hybridized carbons (Fsp3) is 0.615. The van der Waals surface area contributed by atoms with Crippen LogP contribution in [0.2, 0.25) is 0 Å². The Balaban J connectivity index is 2.87. The van der Waals surface area contributed by atoms with E-state index in [4.69, 9.17) is 4.74 Å². The molecule has 1 rings (SSSR count). The molecule has 0 aromatic carbocycles. The second kappa shape index (κ2) is 7.63. The van der Waals surface area contributed by atoms with Crippen molar-refractivity contribution in [2.24, 2.45) is 0 Å². The molecule has 1 aromatic heterocycles. The van der Waals surface area contributed by atoms with Gasteiger partial charge in [-0.05, 0) is 25.8 Å². The molecule has 1 aromatic rings. The molecule has 0 unspecified atom stereocenters. The van der Waals surface area contributed by atoms with Crippen molar-refractivity contribution in [3.63, 3.8) is 0 Å². The maximum absolute atomic E-state index is 11.6. The number of esters is 1. The SMILES string of the molecule is CCCN(CCC)c1ccnc(C(=O)OCC)n1. The van der Waals surface area contributed by atoms with Gasteiger partial charge in [0.2, 0.25) is 5.82 Å². The first kappa shape index (κ1) is 14.4. The summed E-state index contributed by atoms with van der Waals surface area (Å²) in [5, 5.41) is 0. The summed E-state index contributed by atoms with van der Waals surface area (Å²) < 4.78 is 4.90. The van der Waals surface area contributed by atoms with Crippen molar-refractivity contribution in [1.82, 2.24) is 9.97 Å². The molecule has 0 radical (unpaired) electrons. The van der Waals surface area contributed by atoms with Crippen LogP contribution in [0.25, 0.3) is 0 Å². The van der Waals surface area contributed by atoms with Gasteiger partial charge in [-0.3, -0.25) is 0 Å². The van der Waals surface area contributed by atoms with Gasteiger partial charge < -0.3 is 9.64 Å². The second-order valence-electron chi connectivity index (χ2n) is 3.95. The highest BCUT2D eigenvalue weighted by Crippen LogP contribution is 2.11. The minimum atomic E-state index is -0.465. The summed E-state index contributed by atoms with van der Waals surface area (Å²) in [6.07, 6.45) is 3.68. The molecule has 0 bridgehead atoms. The van der Waals surface area contributed by atoms with Gasteiger partial charge in [0.1, 0.15) is 5.82 Å². The molecule has 0 aliphatic rings. The Morgan fingerprint density at radius 3 is 2.50 bits per heavy atom. The number of hydrogen-bond donors (Lipinski definition) is 0. The van der Waals surface area contributed by atoms with E-state index in [-0.39, 0.29) is 5.82 Å². The summed E-state index contributed by atoms with van der Waals surface area (Å²) in [6, 6.07) is 1.83. The lowest BCUT2D eigenvalue weighted by Gasteiger charge is -2.22. The number of rotatable bonds is 7. The summed E-state index contributed by atoms with van der Waals surface area (Å²) in [4.78, 5) is 21.9. The van der Waals surface area contributed by atoms with Gasteiger partial charge in [-0.15, -0.1) is 0 Å². The zero-order valence-electron chi connectivity index (χ0n) is 11.3. The molecule has 5 heteroatoms. The Hall–Kier alpha value is -1.65.